The molecule has 1 aliphatic heterocycles. The van der Waals surface area contributed by atoms with E-state index in [2.05, 4.69) is 5.73 Å². The molecule has 0 atom stereocenters. The highest BCUT2D eigenvalue weighted by molar-refractivity contribution is 7.89. The number of rotatable bonds is 2. The Balaban J connectivity index is 0.000000437. The number of hydrogen-bond acceptors (Lipinski definition) is 3. The molecule has 0 spiro atoms. The lowest BCUT2D eigenvalue weighted by Crippen LogP contribution is -2.27. The van der Waals surface area contributed by atoms with Crippen LogP contribution in [0, 0.1) is 0 Å². The highest BCUT2D eigenvalue weighted by atomic mass is 32.2. The van der Waals surface area contributed by atoms with Gasteiger partial charge in [-0.15, -0.1) is 0 Å². The average Bonchev–Trinajstić information content (AvgIpc) is 2.85. The molecular weight excluding hydrogens is 240 g/mol. The minimum atomic E-state index is -3.21. The first-order valence-electron chi connectivity index (χ1n) is 5.33. The molecule has 1 heterocycles. The zero-order chi connectivity index (χ0) is 12.7. The van der Waals surface area contributed by atoms with Gasteiger partial charge in [0, 0.05) is 13.1 Å². The van der Waals surface area contributed by atoms with Crippen LogP contribution in [-0.2, 0) is 14.8 Å². The molecule has 17 heavy (non-hydrogen) atoms. The molecule has 0 aliphatic carbocycles. The second-order valence-electron chi connectivity index (χ2n) is 3.56. The van der Waals surface area contributed by atoms with E-state index in [0.717, 1.165) is 12.8 Å². The van der Waals surface area contributed by atoms with Gasteiger partial charge in [0.15, 0.2) is 0 Å². The van der Waals surface area contributed by atoms with Crippen LogP contribution >= 0.6 is 0 Å². The number of sulfonamides is 1. The van der Waals surface area contributed by atoms with E-state index in [1.165, 1.54) is 0 Å². The fourth-order valence-corrected chi connectivity index (χ4v) is 3.21. The van der Waals surface area contributed by atoms with Crippen LogP contribution in [0.25, 0.3) is 0 Å². The van der Waals surface area contributed by atoms with Crippen LogP contribution < -0.4 is 5.73 Å². The van der Waals surface area contributed by atoms with E-state index in [-0.39, 0.29) is 6.41 Å². The van der Waals surface area contributed by atoms with E-state index in [9.17, 15) is 8.42 Å². The Kier molecular flexibility index (Phi) is 5.11. The zero-order valence-corrected chi connectivity index (χ0v) is 10.3. The summed E-state index contributed by atoms with van der Waals surface area (Å²) in [4.78, 5) is 8.99. The SMILES string of the molecule is NC=O.O=S(=O)(c1ccccc1)N1CCCC1. The van der Waals surface area contributed by atoms with Gasteiger partial charge in [-0.2, -0.15) is 4.31 Å². The summed E-state index contributed by atoms with van der Waals surface area (Å²) >= 11 is 0. The second kappa shape index (κ2) is 6.36. The molecule has 94 valence electrons. The van der Waals surface area contributed by atoms with Crippen molar-refractivity contribution in [2.75, 3.05) is 13.1 Å². The maximum atomic E-state index is 12.0. The molecular formula is C11H16N2O3S. The number of nitrogens with zero attached hydrogens (tertiary/aromatic N) is 1. The number of benzene rings is 1. The molecule has 6 heteroatoms. The van der Waals surface area contributed by atoms with Gasteiger partial charge in [0.05, 0.1) is 4.90 Å². The third kappa shape index (κ3) is 3.54. The minimum absolute atomic E-state index is 0.250. The lowest BCUT2D eigenvalue weighted by molar-refractivity contribution is -0.106. The number of primary amides is 1. The molecule has 1 fully saturated rings. The maximum Gasteiger partial charge on any atom is 0.243 e. The molecule has 0 bridgehead atoms. The van der Waals surface area contributed by atoms with Gasteiger partial charge in [0.25, 0.3) is 0 Å². The summed E-state index contributed by atoms with van der Waals surface area (Å²) in [5.41, 5.74) is 4.17. The Labute approximate surface area is 101 Å². The third-order valence-corrected chi connectivity index (χ3v) is 4.36. The predicted molar refractivity (Wildman–Crippen MR) is 64.7 cm³/mol. The van der Waals surface area contributed by atoms with Gasteiger partial charge in [0.2, 0.25) is 16.4 Å². The molecule has 2 N–H and O–H groups in total. The van der Waals surface area contributed by atoms with Crippen molar-refractivity contribution in [3.63, 3.8) is 0 Å². The Bertz CT molecular complexity index is 439. The van der Waals surface area contributed by atoms with Crippen LogP contribution in [0.5, 0.6) is 0 Å². The van der Waals surface area contributed by atoms with Gasteiger partial charge in [-0.3, -0.25) is 4.79 Å². The quantitative estimate of drug-likeness (QED) is 0.786. The molecule has 1 aliphatic rings. The van der Waals surface area contributed by atoms with Gasteiger partial charge in [-0.25, -0.2) is 8.42 Å². The van der Waals surface area contributed by atoms with Gasteiger partial charge in [-0.05, 0) is 25.0 Å². The van der Waals surface area contributed by atoms with Crippen molar-refractivity contribution >= 4 is 16.4 Å². The molecule has 1 aromatic rings. The second-order valence-corrected chi connectivity index (χ2v) is 5.50. The van der Waals surface area contributed by atoms with Crippen molar-refractivity contribution in [2.45, 2.75) is 17.7 Å². The van der Waals surface area contributed by atoms with E-state index in [4.69, 9.17) is 4.79 Å². The normalized spacial score (nSPS) is 16.0. The van der Waals surface area contributed by atoms with E-state index < -0.39 is 10.0 Å². The predicted octanol–water partition coefficient (Wildman–Crippen LogP) is 0.573. The Morgan fingerprint density at radius 3 is 2.06 bits per heavy atom. The molecule has 2 rings (SSSR count). The number of amides is 1. The monoisotopic (exact) mass is 256 g/mol. The molecule has 1 amide bonds. The summed E-state index contributed by atoms with van der Waals surface area (Å²) < 4.78 is 25.5. The zero-order valence-electron chi connectivity index (χ0n) is 9.45. The Morgan fingerprint density at radius 2 is 1.59 bits per heavy atom. The summed E-state index contributed by atoms with van der Waals surface area (Å²) in [5.74, 6) is 0. The first kappa shape index (κ1) is 13.7. The molecule has 0 aromatic heterocycles. The van der Waals surface area contributed by atoms with E-state index >= 15 is 0 Å². The average molecular weight is 256 g/mol. The maximum absolute atomic E-state index is 12.0. The number of nitrogens with two attached hydrogens (primary N) is 1. The standard InChI is InChI=1S/C10H13NO2S.CH3NO/c12-14(13,11-8-4-5-9-11)10-6-2-1-3-7-10;2-1-3/h1-3,6-7H,4-5,8-9H2;1H,(H2,2,3). The largest absolute Gasteiger partial charge is 0.372 e. The number of carbonyl (C=O) groups excluding carboxylic acids is 1. The van der Waals surface area contributed by atoms with Crippen molar-refractivity contribution in [1.29, 1.82) is 0 Å². The number of carbonyl (C=O) groups is 1. The highest BCUT2D eigenvalue weighted by Gasteiger charge is 2.26. The Morgan fingerprint density at radius 1 is 1.12 bits per heavy atom. The molecule has 0 unspecified atom stereocenters. The lowest BCUT2D eigenvalue weighted by Gasteiger charge is -2.14. The Hall–Kier alpha value is -1.40. The van der Waals surface area contributed by atoms with Gasteiger partial charge < -0.3 is 5.73 Å². The summed E-state index contributed by atoms with van der Waals surface area (Å²) in [5, 5.41) is 0. The first-order valence-corrected chi connectivity index (χ1v) is 6.77. The first-order chi connectivity index (χ1) is 8.12. The minimum Gasteiger partial charge on any atom is -0.372 e. The van der Waals surface area contributed by atoms with E-state index in [0.29, 0.717) is 18.0 Å². The fraction of sp³-hybridized carbons (Fsp3) is 0.364. The molecule has 1 aromatic carbocycles. The molecule has 1 saturated heterocycles. The van der Waals surface area contributed by atoms with E-state index in [1.807, 2.05) is 6.07 Å². The van der Waals surface area contributed by atoms with Crippen LogP contribution in [0.15, 0.2) is 35.2 Å². The highest BCUT2D eigenvalue weighted by Crippen LogP contribution is 2.19. The van der Waals surface area contributed by atoms with Crippen LogP contribution in [0.3, 0.4) is 0 Å². The summed E-state index contributed by atoms with van der Waals surface area (Å²) in [7, 11) is -3.21. The molecule has 5 nitrogen and oxygen atoms in total. The van der Waals surface area contributed by atoms with Crippen LogP contribution in [0.4, 0.5) is 0 Å². The van der Waals surface area contributed by atoms with Crippen molar-refractivity contribution in [2.24, 2.45) is 5.73 Å². The van der Waals surface area contributed by atoms with Crippen molar-refractivity contribution < 1.29 is 13.2 Å². The van der Waals surface area contributed by atoms with Gasteiger partial charge in [-0.1, -0.05) is 18.2 Å². The summed E-state index contributed by atoms with van der Waals surface area (Å²) in [6.07, 6.45) is 2.21. The van der Waals surface area contributed by atoms with Gasteiger partial charge >= 0.3 is 0 Å². The molecule has 0 saturated carbocycles. The van der Waals surface area contributed by atoms with Crippen molar-refractivity contribution in [3.8, 4) is 0 Å². The van der Waals surface area contributed by atoms with E-state index in [1.54, 1.807) is 28.6 Å². The van der Waals surface area contributed by atoms with Crippen molar-refractivity contribution in [1.82, 2.24) is 4.31 Å². The third-order valence-electron chi connectivity index (χ3n) is 2.45. The fourth-order valence-electron chi connectivity index (χ4n) is 1.67. The topological polar surface area (TPSA) is 80.5 Å². The van der Waals surface area contributed by atoms with Crippen LogP contribution in [0.1, 0.15) is 12.8 Å². The molecule has 0 radical (unpaired) electrons. The number of hydrogen-bond donors (Lipinski definition) is 1. The summed E-state index contributed by atoms with van der Waals surface area (Å²) in [6.45, 7) is 1.33. The smallest absolute Gasteiger partial charge is 0.243 e. The van der Waals surface area contributed by atoms with Crippen LogP contribution in [-0.4, -0.2) is 32.2 Å². The summed E-state index contributed by atoms with van der Waals surface area (Å²) in [6, 6.07) is 8.62. The lowest BCUT2D eigenvalue weighted by atomic mass is 10.4. The van der Waals surface area contributed by atoms with Crippen molar-refractivity contribution in [3.05, 3.63) is 30.3 Å². The van der Waals surface area contributed by atoms with Gasteiger partial charge in [0.1, 0.15) is 0 Å². The van der Waals surface area contributed by atoms with Crippen LogP contribution in [0.2, 0.25) is 0 Å².